The fraction of sp³-hybridized carbons (Fsp3) is 0.222. The van der Waals surface area contributed by atoms with Crippen LogP contribution in [0.5, 0.6) is 0 Å². The van der Waals surface area contributed by atoms with Crippen molar-refractivity contribution < 1.29 is 8.78 Å². The van der Waals surface area contributed by atoms with Crippen molar-refractivity contribution in [1.29, 1.82) is 5.26 Å². The zero-order valence-electron chi connectivity index (χ0n) is 7.01. The Hall–Kier alpha value is -1.47. The molecule has 4 heteroatoms. The Balaban J connectivity index is 3.13. The first-order valence-corrected chi connectivity index (χ1v) is 3.71. The summed E-state index contributed by atoms with van der Waals surface area (Å²) in [5.41, 5.74) is 0.0324. The average Bonchev–Trinajstić information content (AvgIpc) is 2.13. The normalized spacial score (nSPS) is 12.2. The summed E-state index contributed by atoms with van der Waals surface area (Å²) in [5, 5.41) is 11.2. The molecule has 1 atom stereocenters. The van der Waals surface area contributed by atoms with Crippen LogP contribution in [0.4, 0.5) is 8.78 Å². The quantitative estimate of drug-likeness (QED) is 0.756. The van der Waals surface area contributed by atoms with Crippen molar-refractivity contribution >= 4 is 0 Å². The first-order chi connectivity index (χ1) is 6.19. The molecule has 1 rings (SSSR count). The van der Waals surface area contributed by atoms with E-state index < -0.39 is 17.7 Å². The Morgan fingerprint density at radius 2 is 2.15 bits per heavy atom. The van der Waals surface area contributed by atoms with E-state index in [4.69, 9.17) is 5.26 Å². The van der Waals surface area contributed by atoms with Gasteiger partial charge in [-0.2, -0.15) is 5.26 Å². The second-order valence-electron chi connectivity index (χ2n) is 2.52. The third-order valence-corrected chi connectivity index (χ3v) is 1.69. The Bertz CT molecular complexity index is 344. The van der Waals surface area contributed by atoms with Crippen LogP contribution in [-0.2, 0) is 0 Å². The standard InChI is InChI=1S/C9H8F2N2/c1-13-9(5-12)7-4-6(10)2-3-8(7)11/h2-4,9,13H,1H3. The first-order valence-electron chi connectivity index (χ1n) is 3.71. The van der Waals surface area contributed by atoms with Gasteiger partial charge in [-0.25, -0.2) is 8.78 Å². The molecule has 0 aliphatic heterocycles. The summed E-state index contributed by atoms with van der Waals surface area (Å²) >= 11 is 0. The minimum atomic E-state index is -0.810. The van der Waals surface area contributed by atoms with Crippen molar-refractivity contribution in [2.75, 3.05) is 7.05 Å². The van der Waals surface area contributed by atoms with Crippen molar-refractivity contribution in [3.05, 3.63) is 35.4 Å². The van der Waals surface area contributed by atoms with Gasteiger partial charge in [-0.15, -0.1) is 0 Å². The number of benzene rings is 1. The maximum absolute atomic E-state index is 13.0. The van der Waals surface area contributed by atoms with Crippen LogP contribution in [-0.4, -0.2) is 7.05 Å². The molecule has 68 valence electrons. The highest BCUT2D eigenvalue weighted by Gasteiger charge is 2.13. The maximum Gasteiger partial charge on any atom is 0.129 e. The average molecular weight is 182 g/mol. The molecule has 0 fully saturated rings. The van der Waals surface area contributed by atoms with Crippen molar-refractivity contribution in [3.63, 3.8) is 0 Å². The highest BCUT2D eigenvalue weighted by atomic mass is 19.1. The number of nitrogens with one attached hydrogen (secondary N) is 1. The molecule has 0 saturated heterocycles. The minimum absolute atomic E-state index is 0.0324. The van der Waals surface area contributed by atoms with Gasteiger partial charge in [-0.1, -0.05) is 0 Å². The number of hydrogen-bond acceptors (Lipinski definition) is 2. The Morgan fingerprint density at radius 3 is 2.69 bits per heavy atom. The van der Waals surface area contributed by atoms with Gasteiger partial charge < -0.3 is 5.32 Å². The van der Waals surface area contributed by atoms with Gasteiger partial charge in [-0.3, -0.25) is 0 Å². The number of halogens is 2. The molecule has 1 N–H and O–H groups in total. The van der Waals surface area contributed by atoms with E-state index in [9.17, 15) is 8.78 Å². The van der Waals surface area contributed by atoms with Crippen LogP contribution in [0.1, 0.15) is 11.6 Å². The van der Waals surface area contributed by atoms with Gasteiger partial charge in [0.15, 0.2) is 0 Å². The number of nitrogens with zero attached hydrogens (tertiary/aromatic N) is 1. The molecule has 1 unspecified atom stereocenters. The minimum Gasteiger partial charge on any atom is -0.301 e. The van der Waals surface area contributed by atoms with Crippen molar-refractivity contribution in [3.8, 4) is 6.07 Å². The highest BCUT2D eigenvalue weighted by molar-refractivity contribution is 5.26. The fourth-order valence-electron chi connectivity index (χ4n) is 1.03. The first kappa shape index (κ1) is 9.62. The summed E-state index contributed by atoms with van der Waals surface area (Å²) in [6, 6.07) is 4.05. The lowest BCUT2D eigenvalue weighted by molar-refractivity contribution is 0.565. The number of hydrogen-bond donors (Lipinski definition) is 1. The molecule has 2 nitrogen and oxygen atoms in total. The van der Waals surface area contributed by atoms with Crippen LogP contribution in [0.3, 0.4) is 0 Å². The van der Waals surface area contributed by atoms with Crippen molar-refractivity contribution in [2.45, 2.75) is 6.04 Å². The smallest absolute Gasteiger partial charge is 0.129 e. The van der Waals surface area contributed by atoms with Gasteiger partial charge in [-0.05, 0) is 25.2 Å². The summed E-state index contributed by atoms with van der Waals surface area (Å²) < 4.78 is 25.7. The van der Waals surface area contributed by atoms with Crippen LogP contribution in [0, 0.1) is 23.0 Å². The topological polar surface area (TPSA) is 35.8 Å². The molecule has 0 aliphatic carbocycles. The van der Waals surface area contributed by atoms with Crippen LogP contribution < -0.4 is 5.32 Å². The molecular formula is C9H8F2N2. The molecule has 0 heterocycles. The summed E-state index contributed by atoms with van der Waals surface area (Å²) in [6.07, 6.45) is 0. The number of rotatable bonds is 2. The Morgan fingerprint density at radius 1 is 1.46 bits per heavy atom. The van der Waals surface area contributed by atoms with Crippen molar-refractivity contribution in [2.24, 2.45) is 0 Å². The SMILES string of the molecule is CNC(C#N)c1cc(F)ccc1F. The molecule has 0 bridgehead atoms. The second kappa shape index (κ2) is 3.97. The van der Waals surface area contributed by atoms with Crippen LogP contribution >= 0.6 is 0 Å². The monoisotopic (exact) mass is 182 g/mol. The van der Waals surface area contributed by atoms with E-state index >= 15 is 0 Å². The van der Waals surface area contributed by atoms with Gasteiger partial charge in [0.05, 0.1) is 6.07 Å². The lowest BCUT2D eigenvalue weighted by atomic mass is 10.1. The van der Waals surface area contributed by atoms with Crippen LogP contribution in [0.15, 0.2) is 18.2 Å². The Kier molecular flexibility index (Phi) is 2.93. The molecule has 0 aliphatic rings. The third-order valence-electron chi connectivity index (χ3n) is 1.69. The zero-order valence-corrected chi connectivity index (χ0v) is 7.01. The second-order valence-corrected chi connectivity index (χ2v) is 2.52. The summed E-state index contributed by atoms with van der Waals surface area (Å²) in [6.45, 7) is 0. The molecule has 0 aromatic heterocycles. The molecule has 0 amide bonds. The molecule has 1 aromatic rings. The molecule has 0 spiro atoms. The molecular weight excluding hydrogens is 174 g/mol. The maximum atomic E-state index is 13.0. The Labute approximate surface area is 74.8 Å². The van der Waals surface area contributed by atoms with Crippen LogP contribution in [0.2, 0.25) is 0 Å². The molecule has 0 saturated carbocycles. The summed E-state index contributed by atoms with van der Waals surface area (Å²) in [7, 11) is 1.51. The van der Waals surface area contributed by atoms with E-state index in [0.717, 1.165) is 18.2 Å². The lowest BCUT2D eigenvalue weighted by Gasteiger charge is -2.08. The van der Waals surface area contributed by atoms with E-state index in [2.05, 4.69) is 5.32 Å². The number of nitriles is 1. The fourth-order valence-corrected chi connectivity index (χ4v) is 1.03. The van der Waals surface area contributed by atoms with Crippen LogP contribution in [0.25, 0.3) is 0 Å². The molecule has 1 aromatic carbocycles. The molecule has 0 radical (unpaired) electrons. The van der Waals surface area contributed by atoms with Gasteiger partial charge in [0.2, 0.25) is 0 Å². The van der Waals surface area contributed by atoms with Crippen molar-refractivity contribution in [1.82, 2.24) is 5.32 Å². The van der Waals surface area contributed by atoms with E-state index in [1.807, 2.05) is 6.07 Å². The predicted molar refractivity (Wildman–Crippen MR) is 43.8 cm³/mol. The molecule has 13 heavy (non-hydrogen) atoms. The van der Waals surface area contributed by atoms with E-state index in [1.54, 1.807) is 0 Å². The third kappa shape index (κ3) is 2.01. The lowest BCUT2D eigenvalue weighted by Crippen LogP contribution is -2.15. The van der Waals surface area contributed by atoms with Gasteiger partial charge in [0.1, 0.15) is 17.7 Å². The summed E-state index contributed by atoms with van der Waals surface area (Å²) in [4.78, 5) is 0. The largest absolute Gasteiger partial charge is 0.301 e. The zero-order chi connectivity index (χ0) is 9.84. The van der Waals surface area contributed by atoms with Gasteiger partial charge in [0.25, 0.3) is 0 Å². The van der Waals surface area contributed by atoms with Gasteiger partial charge >= 0.3 is 0 Å². The van der Waals surface area contributed by atoms with E-state index in [-0.39, 0.29) is 5.56 Å². The van der Waals surface area contributed by atoms with E-state index in [0.29, 0.717) is 0 Å². The predicted octanol–water partition coefficient (Wildman–Crippen LogP) is 1.75. The summed E-state index contributed by atoms with van der Waals surface area (Å²) in [5.74, 6) is -1.13. The van der Waals surface area contributed by atoms with Gasteiger partial charge in [0, 0.05) is 5.56 Å². The highest BCUT2D eigenvalue weighted by Crippen LogP contribution is 2.17. The van der Waals surface area contributed by atoms with E-state index in [1.165, 1.54) is 7.05 Å².